The molecule has 1 rings (SSSR count). The quantitative estimate of drug-likeness (QED) is 0.594. The summed E-state index contributed by atoms with van der Waals surface area (Å²) in [5.41, 5.74) is 1.38. The van der Waals surface area contributed by atoms with E-state index < -0.39 is 0 Å². The first-order valence-corrected chi connectivity index (χ1v) is 4.64. The summed E-state index contributed by atoms with van der Waals surface area (Å²) in [7, 11) is 0. The summed E-state index contributed by atoms with van der Waals surface area (Å²) in [6, 6.07) is 3.40. The van der Waals surface area contributed by atoms with E-state index in [-0.39, 0.29) is 11.5 Å². The van der Waals surface area contributed by atoms with E-state index in [1.807, 2.05) is 0 Å². The van der Waals surface area contributed by atoms with Crippen molar-refractivity contribution in [2.45, 2.75) is 6.92 Å². The van der Waals surface area contributed by atoms with Gasteiger partial charge in [0.1, 0.15) is 0 Å². The van der Waals surface area contributed by atoms with Gasteiger partial charge in [-0.25, -0.2) is 0 Å². The van der Waals surface area contributed by atoms with E-state index in [0.717, 1.165) is 5.56 Å². The minimum atomic E-state index is 0.0100. The summed E-state index contributed by atoms with van der Waals surface area (Å²) in [5, 5.41) is 9.80. The van der Waals surface area contributed by atoms with Crippen LogP contribution < -0.4 is 4.89 Å². The van der Waals surface area contributed by atoms with Gasteiger partial charge < -0.3 is 9.99 Å². The molecule has 0 heterocycles. The number of benzene rings is 1. The second-order valence-corrected chi connectivity index (χ2v) is 2.81. The van der Waals surface area contributed by atoms with Gasteiger partial charge in [0.05, 0.1) is 6.61 Å². The fourth-order valence-electron chi connectivity index (χ4n) is 1.19. The van der Waals surface area contributed by atoms with E-state index in [0.29, 0.717) is 12.2 Å². The van der Waals surface area contributed by atoms with E-state index in [9.17, 15) is 5.11 Å². The first kappa shape index (κ1) is 11.3. The van der Waals surface area contributed by atoms with Crippen LogP contribution in [0.2, 0.25) is 0 Å². The van der Waals surface area contributed by atoms with E-state index in [4.69, 9.17) is 9.78 Å². The minimum absolute atomic E-state index is 0.0100. The molecular weight excluding hydrogens is 192 g/mol. The molecule has 0 saturated heterocycles. The van der Waals surface area contributed by atoms with Crippen LogP contribution in [0.15, 0.2) is 25.3 Å². The lowest BCUT2D eigenvalue weighted by Gasteiger charge is -2.09. The maximum absolute atomic E-state index is 9.80. The highest BCUT2D eigenvalue weighted by atomic mass is 17.2. The van der Waals surface area contributed by atoms with Crippen LogP contribution in [0.25, 0.3) is 12.2 Å². The molecule has 80 valence electrons. The summed E-state index contributed by atoms with van der Waals surface area (Å²) in [5.74, 6) is 0.285. The van der Waals surface area contributed by atoms with Crippen LogP contribution in [0.1, 0.15) is 18.1 Å². The predicted octanol–water partition coefficient (Wildman–Crippen LogP) is 3.01. The third kappa shape index (κ3) is 2.39. The molecule has 0 fully saturated rings. The smallest absolute Gasteiger partial charge is 0.207 e. The van der Waals surface area contributed by atoms with Crippen LogP contribution in [0.4, 0.5) is 0 Å². The van der Waals surface area contributed by atoms with Gasteiger partial charge in [-0.05, 0) is 18.6 Å². The molecule has 1 aromatic rings. The Hall–Kier alpha value is -1.74. The number of hydrogen-bond acceptors (Lipinski definition) is 3. The van der Waals surface area contributed by atoms with Gasteiger partial charge >= 0.3 is 0 Å². The van der Waals surface area contributed by atoms with Crippen molar-refractivity contribution in [1.82, 2.24) is 0 Å². The molecule has 0 bridgehead atoms. The molecule has 0 aliphatic rings. The van der Waals surface area contributed by atoms with E-state index in [1.54, 1.807) is 31.2 Å². The first-order chi connectivity index (χ1) is 7.24. The standard InChI is InChI=1S/C12H14O3/c1-4-9-7-8-11(15-14-6-3)12(13)10(9)5-2/h4-5,7-8,13H,1-2,6H2,3H3. The zero-order chi connectivity index (χ0) is 11.3. The van der Waals surface area contributed by atoms with Crippen molar-refractivity contribution in [2.75, 3.05) is 6.61 Å². The van der Waals surface area contributed by atoms with Crippen LogP contribution >= 0.6 is 0 Å². The lowest BCUT2D eigenvalue weighted by atomic mass is 10.1. The average Bonchev–Trinajstić information content (AvgIpc) is 2.27. The topological polar surface area (TPSA) is 38.7 Å². The molecule has 1 N–H and O–H groups in total. The molecule has 0 amide bonds. The Bertz CT molecular complexity index is 369. The minimum Gasteiger partial charge on any atom is -0.504 e. The van der Waals surface area contributed by atoms with Gasteiger partial charge in [0.15, 0.2) is 5.75 Å². The van der Waals surface area contributed by atoms with Gasteiger partial charge in [0.2, 0.25) is 5.75 Å². The Labute approximate surface area is 89.2 Å². The molecule has 0 radical (unpaired) electrons. The van der Waals surface area contributed by atoms with Crippen LogP contribution in [-0.2, 0) is 4.89 Å². The van der Waals surface area contributed by atoms with Crippen LogP contribution in [0.3, 0.4) is 0 Å². The Kier molecular flexibility index (Phi) is 3.94. The van der Waals surface area contributed by atoms with Crippen LogP contribution in [0.5, 0.6) is 11.5 Å². The summed E-state index contributed by atoms with van der Waals surface area (Å²) < 4.78 is 0. The summed E-state index contributed by atoms with van der Waals surface area (Å²) in [6.07, 6.45) is 3.19. The number of rotatable bonds is 5. The van der Waals surface area contributed by atoms with Gasteiger partial charge in [0, 0.05) is 5.56 Å². The molecule has 0 aromatic heterocycles. The molecule has 3 heteroatoms. The van der Waals surface area contributed by atoms with Crippen molar-refractivity contribution >= 4 is 12.2 Å². The van der Waals surface area contributed by atoms with Gasteiger partial charge in [-0.15, -0.1) is 0 Å². The molecule has 0 aliphatic carbocycles. The number of phenolic OH excluding ortho intramolecular Hbond substituents is 1. The van der Waals surface area contributed by atoms with Crippen LogP contribution in [-0.4, -0.2) is 11.7 Å². The Morgan fingerprint density at radius 2 is 2.07 bits per heavy atom. The second kappa shape index (κ2) is 5.22. The predicted molar refractivity (Wildman–Crippen MR) is 60.5 cm³/mol. The molecular formula is C12H14O3. The van der Waals surface area contributed by atoms with Crippen molar-refractivity contribution < 1.29 is 14.9 Å². The molecule has 15 heavy (non-hydrogen) atoms. The zero-order valence-corrected chi connectivity index (χ0v) is 8.69. The van der Waals surface area contributed by atoms with E-state index in [1.165, 1.54) is 0 Å². The van der Waals surface area contributed by atoms with Crippen molar-refractivity contribution in [3.63, 3.8) is 0 Å². The number of aromatic hydroxyl groups is 1. The van der Waals surface area contributed by atoms with E-state index in [2.05, 4.69) is 13.2 Å². The molecule has 0 aliphatic heterocycles. The molecule has 0 unspecified atom stereocenters. The summed E-state index contributed by atoms with van der Waals surface area (Å²) in [4.78, 5) is 9.65. The highest BCUT2D eigenvalue weighted by molar-refractivity contribution is 5.71. The Balaban J connectivity index is 3.11. The average molecular weight is 206 g/mol. The monoisotopic (exact) mass is 206 g/mol. The van der Waals surface area contributed by atoms with Crippen molar-refractivity contribution in [2.24, 2.45) is 0 Å². The second-order valence-electron chi connectivity index (χ2n) is 2.81. The van der Waals surface area contributed by atoms with E-state index >= 15 is 0 Å². The highest BCUT2D eigenvalue weighted by Gasteiger charge is 2.10. The zero-order valence-electron chi connectivity index (χ0n) is 8.69. The van der Waals surface area contributed by atoms with Crippen molar-refractivity contribution in [1.29, 1.82) is 0 Å². The third-order valence-electron chi connectivity index (χ3n) is 1.90. The van der Waals surface area contributed by atoms with Gasteiger partial charge in [-0.1, -0.05) is 31.4 Å². The van der Waals surface area contributed by atoms with Gasteiger partial charge in [0.25, 0.3) is 0 Å². The molecule has 0 atom stereocenters. The molecule has 1 aromatic carbocycles. The van der Waals surface area contributed by atoms with Gasteiger partial charge in [-0.2, -0.15) is 4.89 Å². The number of hydrogen-bond donors (Lipinski definition) is 1. The summed E-state index contributed by atoms with van der Waals surface area (Å²) >= 11 is 0. The maximum Gasteiger partial charge on any atom is 0.207 e. The molecule has 0 saturated carbocycles. The molecule has 0 spiro atoms. The highest BCUT2D eigenvalue weighted by Crippen LogP contribution is 2.33. The fraction of sp³-hybridized carbons (Fsp3) is 0.167. The van der Waals surface area contributed by atoms with Gasteiger partial charge in [-0.3, -0.25) is 0 Å². The largest absolute Gasteiger partial charge is 0.504 e. The third-order valence-corrected chi connectivity index (χ3v) is 1.90. The number of phenols is 1. The Morgan fingerprint density at radius 1 is 1.33 bits per heavy atom. The van der Waals surface area contributed by atoms with Crippen molar-refractivity contribution in [3.05, 3.63) is 36.4 Å². The maximum atomic E-state index is 9.80. The van der Waals surface area contributed by atoms with Crippen LogP contribution in [0, 0.1) is 0 Å². The van der Waals surface area contributed by atoms with Crippen molar-refractivity contribution in [3.8, 4) is 11.5 Å². The fourth-order valence-corrected chi connectivity index (χ4v) is 1.19. The lowest BCUT2D eigenvalue weighted by Crippen LogP contribution is -1.97. The Morgan fingerprint density at radius 3 is 2.60 bits per heavy atom. The summed E-state index contributed by atoms with van der Waals surface area (Å²) in [6.45, 7) is 9.46. The SMILES string of the molecule is C=Cc1ccc(OOCC)c(O)c1C=C. The molecule has 3 nitrogen and oxygen atoms in total. The normalized spacial score (nSPS) is 9.67. The lowest BCUT2D eigenvalue weighted by molar-refractivity contribution is -0.203. The first-order valence-electron chi connectivity index (χ1n) is 4.64.